The van der Waals surface area contributed by atoms with Crippen LogP contribution in [0, 0.1) is 0 Å². The quantitative estimate of drug-likeness (QED) is 0.304. The summed E-state index contributed by atoms with van der Waals surface area (Å²) in [5, 5.41) is 3.19. The van der Waals surface area contributed by atoms with Crippen LogP contribution in [0.2, 0.25) is 5.02 Å². The zero-order valence-corrected chi connectivity index (χ0v) is 19.2. The Labute approximate surface area is 199 Å². The fourth-order valence-electron chi connectivity index (χ4n) is 3.70. The van der Waals surface area contributed by atoms with Crippen LogP contribution in [0.3, 0.4) is 0 Å². The summed E-state index contributed by atoms with van der Waals surface area (Å²) in [6.45, 7) is 0. The Kier molecular flexibility index (Phi) is 5.25. The lowest BCUT2D eigenvalue weighted by molar-refractivity contribution is -0.122. The number of benzene rings is 3. The Bertz CT molecular complexity index is 1320. The molecular formula is C24H16ClN3O2S2. The molecule has 8 heteroatoms. The summed E-state index contributed by atoms with van der Waals surface area (Å²) >= 11 is 12.9. The van der Waals surface area contributed by atoms with Crippen molar-refractivity contribution in [2.24, 2.45) is 0 Å². The molecule has 3 aromatic carbocycles. The van der Waals surface area contributed by atoms with E-state index in [0.29, 0.717) is 10.7 Å². The number of hydrogen-bond donors (Lipinski definition) is 1. The maximum atomic E-state index is 13.2. The van der Waals surface area contributed by atoms with Gasteiger partial charge in [-0.15, -0.1) is 0 Å². The van der Waals surface area contributed by atoms with E-state index >= 15 is 0 Å². The number of amides is 2. The molecule has 0 unspecified atom stereocenters. The van der Waals surface area contributed by atoms with Crippen LogP contribution < -0.4 is 15.1 Å². The van der Waals surface area contributed by atoms with E-state index in [0.717, 1.165) is 26.7 Å². The van der Waals surface area contributed by atoms with Crippen LogP contribution in [0.5, 0.6) is 0 Å². The van der Waals surface area contributed by atoms with Gasteiger partial charge in [-0.05, 0) is 72.4 Å². The monoisotopic (exact) mass is 477 g/mol. The predicted molar refractivity (Wildman–Crippen MR) is 133 cm³/mol. The second-order valence-electron chi connectivity index (χ2n) is 7.29. The van der Waals surface area contributed by atoms with Gasteiger partial charge in [-0.1, -0.05) is 41.6 Å². The smallest absolute Gasteiger partial charge is 0.270 e. The number of para-hydroxylation sites is 1. The number of nitrogens with zero attached hydrogens (tertiary/aromatic N) is 2. The van der Waals surface area contributed by atoms with Crippen molar-refractivity contribution < 1.29 is 9.59 Å². The maximum absolute atomic E-state index is 13.2. The van der Waals surface area contributed by atoms with Gasteiger partial charge in [0.15, 0.2) is 5.11 Å². The predicted octanol–water partition coefficient (Wildman–Crippen LogP) is 5.40. The minimum Gasteiger partial charge on any atom is -0.343 e. The van der Waals surface area contributed by atoms with Gasteiger partial charge < -0.3 is 4.90 Å². The zero-order valence-electron chi connectivity index (χ0n) is 16.8. The summed E-state index contributed by atoms with van der Waals surface area (Å²) in [5.74, 6) is -0.994. The van der Waals surface area contributed by atoms with Crippen LogP contribution in [0.4, 0.5) is 17.1 Å². The Hall–Kier alpha value is -3.13. The molecule has 0 aliphatic carbocycles. The van der Waals surface area contributed by atoms with Crippen molar-refractivity contribution in [2.45, 2.75) is 9.79 Å². The second kappa shape index (κ2) is 8.09. The van der Waals surface area contributed by atoms with Gasteiger partial charge in [0.25, 0.3) is 11.8 Å². The van der Waals surface area contributed by atoms with Crippen LogP contribution in [-0.4, -0.2) is 24.0 Å². The summed E-state index contributed by atoms with van der Waals surface area (Å²) in [6, 6.07) is 20.8. The number of carbonyl (C=O) groups excluding carboxylic acids is 2. The topological polar surface area (TPSA) is 52.7 Å². The van der Waals surface area contributed by atoms with E-state index in [1.165, 1.54) is 4.90 Å². The number of thiocarbonyl (C=S) groups is 1. The van der Waals surface area contributed by atoms with Crippen LogP contribution in [0.15, 0.2) is 82.1 Å². The van der Waals surface area contributed by atoms with Crippen LogP contribution in [0.1, 0.15) is 5.56 Å². The highest BCUT2D eigenvalue weighted by molar-refractivity contribution is 7.99. The molecule has 0 atom stereocenters. The van der Waals surface area contributed by atoms with Crippen molar-refractivity contribution in [2.75, 3.05) is 16.8 Å². The molecule has 2 amide bonds. The number of anilines is 3. The number of carbonyl (C=O) groups is 2. The first-order valence-electron chi connectivity index (χ1n) is 9.74. The normalized spacial score (nSPS) is 16.7. The average molecular weight is 478 g/mol. The molecule has 2 heterocycles. The van der Waals surface area contributed by atoms with Crippen LogP contribution in [0.25, 0.3) is 6.08 Å². The Morgan fingerprint density at radius 3 is 2.47 bits per heavy atom. The van der Waals surface area contributed by atoms with E-state index in [1.54, 1.807) is 42.1 Å². The second-order valence-corrected chi connectivity index (χ2v) is 9.20. The SMILES string of the molecule is CN1c2ccccc2Sc2cc(C=C3C(=O)NC(=S)N(c4ccc(Cl)cc4)C3=O)ccc21. The van der Waals surface area contributed by atoms with E-state index in [2.05, 4.69) is 22.3 Å². The number of hydrogen-bond acceptors (Lipinski definition) is 5. The third-order valence-electron chi connectivity index (χ3n) is 5.29. The van der Waals surface area contributed by atoms with E-state index in [4.69, 9.17) is 23.8 Å². The Morgan fingerprint density at radius 1 is 0.969 bits per heavy atom. The van der Waals surface area contributed by atoms with Crippen molar-refractivity contribution in [3.05, 3.63) is 82.9 Å². The van der Waals surface area contributed by atoms with Crippen molar-refractivity contribution in [3.63, 3.8) is 0 Å². The standard InChI is InChI=1S/C24H16ClN3O2S2/c1-27-18-4-2-3-5-20(18)32-21-13-14(6-11-19(21)27)12-17-22(29)26-24(31)28(23(17)30)16-9-7-15(25)8-10-16/h2-13H,1H3,(H,26,29,31). The summed E-state index contributed by atoms with van der Waals surface area (Å²) in [4.78, 5) is 31.4. The first-order chi connectivity index (χ1) is 15.4. The fraction of sp³-hybridized carbons (Fsp3) is 0.0417. The van der Waals surface area contributed by atoms with Gasteiger partial charge in [0.1, 0.15) is 5.57 Å². The molecule has 0 saturated carbocycles. The molecule has 3 aromatic rings. The fourth-order valence-corrected chi connectivity index (χ4v) is 5.30. The summed E-state index contributed by atoms with van der Waals surface area (Å²) in [7, 11) is 2.03. The first-order valence-corrected chi connectivity index (χ1v) is 11.3. The highest BCUT2D eigenvalue weighted by Gasteiger charge is 2.34. The molecule has 32 heavy (non-hydrogen) atoms. The largest absolute Gasteiger partial charge is 0.343 e. The van der Waals surface area contributed by atoms with Crippen LogP contribution >= 0.6 is 35.6 Å². The summed E-state index contributed by atoms with van der Waals surface area (Å²) < 4.78 is 0. The Morgan fingerprint density at radius 2 is 1.69 bits per heavy atom. The van der Waals surface area contributed by atoms with E-state index < -0.39 is 11.8 Å². The number of rotatable bonds is 2. The molecule has 0 bridgehead atoms. The molecule has 0 aromatic heterocycles. The third-order valence-corrected chi connectivity index (χ3v) is 6.94. The molecule has 2 aliphatic rings. The minimum atomic E-state index is -0.516. The first kappa shape index (κ1) is 20.8. The maximum Gasteiger partial charge on any atom is 0.270 e. The van der Waals surface area contributed by atoms with Gasteiger partial charge in [0, 0.05) is 21.9 Å². The highest BCUT2D eigenvalue weighted by atomic mass is 35.5. The average Bonchev–Trinajstić information content (AvgIpc) is 2.78. The molecule has 1 saturated heterocycles. The van der Waals surface area contributed by atoms with Gasteiger partial charge in [-0.2, -0.15) is 0 Å². The minimum absolute atomic E-state index is 0.0167. The van der Waals surface area contributed by atoms with Gasteiger partial charge in [-0.3, -0.25) is 19.8 Å². The van der Waals surface area contributed by atoms with E-state index in [1.807, 2.05) is 37.4 Å². The molecule has 1 fully saturated rings. The van der Waals surface area contributed by atoms with Crippen molar-refractivity contribution in [1.29, 1.82) is 0 Å². The van der Waals surface area contributed by atoms with Crippen LogP contribution in [-0.2, 0) is 9.59 Å². The van der Waals surface area contributed by atoms with Crippen molar-refractivity contribution in [3.8, 4) is 0 Å². The number of fused-ring (bicyclic) bond motifs is 2. The third kappa shape index (κ3) is 3.58. The summed E-state index contributed by atoms with van der Waals surface area (Å²) in [5.41, 5.74) is 3.52. The van der Waals surface area contributed by atoms with Crippen molar-refractivity contribution in [1.82, 2.24) is 5.32 Å². The van der Waals surface area contributed by atoms with Gasteiger partial charge in [0.2, 0.25) is 0 Å². The van der Waals surface area contributed by atoms with Gasteiger partial charge >= 0.3 is 0 Å². The lowest BCUT2D eigenvalue weighted by Gasteiger charge is -2.30. The lowest BCUT2D eigenvalue weighted by Crippen LogP contribution is -2.54. The van der Waals surface area contributed by atoms with Gasteiger partial charge in [-0.25, -0.2) is 0 Å². The molecule has 0 radical (unpaired) electrons. The molecule has 5 rings (SSSR count). The Balaban J connectivity index is 1.50. The lowest BCUT2D eigenvalue weighted by atomic mass is 10.1. The number of nitrogens with one attached hydrogen (secondary N) is 1. The molecule has 1 N–H and O–H groups in total. The zero-order chi connectivity index (χ0) is 22.4. The molecule has 0 spiro atoms. The van der Waals surface area contributed by atoms with E-state index in [-0.39, 0.29) is 10.7 Å². The molecule has 158 valence electrons. The molecule has 2 aliphatic heterocycles. The highest BCUT2D eigenvalue weighted by Crippen LogP contribution is 2.47. The van der Waals surface area contributed by atoms with E-state index in [9.17, 15) is 9.59 Å². The van der Waals surface area contributed by atoms with Crippen molar-refractivity contribution >= 4 is 75.6 Å². The number of halogens is 1. The molecular weight excluding hydrogens is 462 g/mol. The van der Waals surface area contributed by atoms with Gasteiger partial charge in [0.05, 0.1) is 17.1 Å². The summed E-state index contributed by atoms with van der Waals surface area (Å²) in [6.07, 6.45) is 1.60. The molecule has 5 nitrogen and oxygen atoms in total.